The summed E-state index contributed by atoms with van der Waals surface area (Å²) in [6.07, 6.45) is 0. The molecule has 0 aliphatic carbocycles. The zero-order chi connectivity index (χ0) is 19.5. The molecule has 28 heavy (non-hydrogen) atoms. The third kappa shape index (κ3) is 3.12. The zero-order valence-corrected chi connectivity index (χ0v) is 15.9. The average Bonchev–Trinajstić information content (AvgIpc) is 2.76. The van der Waals surface area contributed by atoms with Crippen LogP contribution in [0.2, 0.25) is 0 Å². The third-order valence-electron chi connectivity index (χ3n) is 4.90. The minimum Gasteiger partial charge on any atom is -0.496 e. The van der Waals surface area contributed by atoms with Crippen LogP contribution in [0, 0.1) is 6.92 Å². The van der Waals surface area contributed by atoms with Crippen LogP contribution < -0.4 is 10.2 Å². The van der Waals surface area contributed by atoms with Gasteiger partial charge >= 0.3 is 0 Å². The quantitative estimate of drug-likeness (QED) is 0.478. The number of pyridine rings is 1. The standard InChI is InChI=1S/C25H21NO2/c1-18-23(27)17-22(19-11-5-3-6-12-19)26(20-13-7-4-8-14-20)25(18)21-15-9-10-16-24(21)28-2/h3-17H,1-2H3. The number of methoxy groups -OCH3 is 1. The summed E-state index contributed by atoms with van der Waals surface area (Å²) in [5, 5.41) is 0. The van der Waals surface area contributed by atoms with Crippen molar-refractivity contribution < 1.29 is 4.74 Å². The highest BCUT2D eigenvalue weighted by Gasteiger charge is 2.19. The summed E-state index contributed by atoms with van der Waals surface area (Å²) in [5.74, 6) is 0.736. The molecule has 0 bridgehead atoms. The minimum atomic E-state index is 0.00643. The topological polar surface area (TPSA) is 31.2 Å². The molecule has 0 aliphatic heterocycles. The van der Waals surface area contributed by atoms with Crippen molar-refractivity contribution in [3.05, 3.63) is 107 Å². The summed E-state index contributed by atoms with van der Waals surface area (Å²) in [6.45, 7) is 1.87. The second-order valence-electron chi connectivity index (χ2n) is 6.60. The SMILES string of the molecule is COc1ccccc1-c1c(C)c(=O)cc(-c2ccccc2)n1-c1ccccc1. The molecule has 0 fully saturated rings. The van der Waals surface area contributed by atoms with Crippen LogP contribution in [-0.2, 0) is 0 Å². The Bertz CT molecular complexity index is 1160. The van der Waals surface area contributed by atoms with Crippen LogP contribution in [0.15, 0.2) is 95.8 Å². The molecular weight excluding hydrogens is 346 g/mol. The van der Waals surface area contributed by atoms with Gasteiger partial charge in [0.2, 0.25) is 0 Å². The van der Waals surface area contributed by atoms with E-state index in [0.29, 0.717) is 5.56 Å². The van der Waals surface area contributed by atoms with E-state index in [4.69, 9.17) is 4.74 Å². The molecule has 3 heteroatoms. The number of ether oxygens (including phenoxy) is 1. The van der Waals surface area contributed by atoms with Gasteiger partial charge in [-0.2, -0.15) is 0 Å². The maximum absolute atomic E-state index is 12.9. The number of hydrogen-bond acceptors (Lipinski definition) is 2. The van der Waals surface area contributed by atoms with Crippen molar-refractivity contribution in [2.24, 2.45) is 0 Å². The lowest BCUT2D eigenvalue weighted by Gasteiger charge is -2.22. The summed E-state index contributed by atoms with van der Waals surface area (Å²) >= 11 is 0. The molecule has 0 atom stereocenters. The van der Waals surface area contributed by atoms with Gasteiger partial charge in [0, 0.05) is 22.9 Å². The number of para-hydroxylation sites is 2. The largest absolute Gasteiger partial charge is 0.496 e. The predicted molar refractivity (Wildman–Crippen MR) is 114 cm³/mol. The molecule has 0 aliphatic rings. The normalized spacial score (nSPS) is 10.6. The third-order valence-corrected chi connectivity index (χ3v) is 4.90. The molecule has 4 aromatic rings. The molecule has 0 amide bonds. The van der Waals surface area contributed by atoms with Crippen molar-refractivity contribution in [2.45, 2.75) is 6.92 Å². The van der Waals surface area contributed by atoms with E-state index in [1.807, 2.05) is 79.7 Å². The van der Waals surface area contributed by atoms with E-state index in [9.17, 15) is 4.79 Å². The van der Waals surface area contributed by atoms with Crippen LogP contribution in [0.1, 0.15) is 5.56 Å². The van der Waals surface area contributed by atoms with Crippen LogP contribution in [0.4, 0.5) is 0 Å². The molecule has 0 spiro atoms. The van der Waals surface area contributed by atoms with E-state index in [-0.39, 0.29) is 5.43 Å². The highest BCUT2D eigenvalue weighted by atomic mass is 16.5. The van der Waals surface area contributed by atoms with Crippen molar-refractivity contribution in [3.8, 4) is 34.0 Å². The van der Waals surface area contributed by atoms with Gasteiger partial charge in [-0.1, -0.05) is 60.7 Å². The Morgan fingerprint density at radius 1 is 0.786 bits per heavy atom. The fourth-order valence-electron chi connectivity index (χ4n) is 3.53. The minimum absolute atomic E-state index is 0.00643. The molecule has 0 saturated carbocycles. The summed E-state index contributed by atoms with van der Waals surface area (Å²) in [5.41, 5.74) is 5.25. The van der Waals surface area contributed by atoms with Gasteiger partial charge in [-0.05, 0) is 36.8 Å². The molecule has 138 valence electrons. The molecular formula is C25H21NO2. The van der Waals surface area contributed by atoms with Gasteiger partial charge in [0.05, 0.1) is 18.5 Å². The van der Waals surface area contributed by atoms with Crippen molar-refractivity contribution >= 4 is 0 Å². The smallest absolute Gasteiger partial charge is 0.185 e. The second-order valence-corrected chi connectivity index (χ2v) is 6.60. The molecule has 1 heterocycles. The van der Waals surface area contributed by atoms with E-state index >= 15 is 0 Å². The van der Waals surface area contributed by atoms with Gasteiger partial charge in [0.25, 0.3) is 0 Å². The van der Waals surface area contributed by atoms with Crippen molar-refractivity contribution in [2.75, 3.05) is 7.11 Å². The molecule has 0 saturated heterocycles. The van der Waals surface area contributed by atoms with Gasteiger partial charge in [-0.15, -0.1) is 0 Å². The molecule has 3 nitrogen and oxygen atoms in total. The van der Waals surface area contributed by atoms with Gasteiger partial charge in [0.15, 0.2) is 5.43 Å². The molecule has 0 radical (unpaired) electrons. The highest BCUT2D eigenvalue weighted by Crippen LogP contribution is 2.35. The molecule has 4 rings (SSSR count). The number of nitrogens with zero attached hydrogens (tertiary/aromatic N) is 1. The molecule has 1 aromatic heterocycles. The molecule has 3 aromatic carbocycles. The Morgan fingerprint density at radius 2 is 1.39 bits per heavy atom. The predicted octanol–water partition coefficient (Wildman–Crippen LogP) is 5.49. The maximum Gasteiger partial charge on any atom is 0.185 e. The fraction of sp³-hybridized carbons (Fsp3) is 0.0800. The van der Waals surface area contributed by atoms with Crippen LogP contribution >= 0.6 is 0 Å². The summed E-state index contributed by atoms with van der Waals surface area (Å²) in [4.78, 5) is 12.9. The maximum atomic E-state index is 12.9. The van der Waals surface area contributed by atoms with Crippen LogP contribution in [-0.4, -0.2) is 11.7 Å². The lowest BCUT2D eigenvalue weighted by atomic mass is 10.0. The first kappa shape index (κ1) is 17.8. The first-order valence-electron chi connectivity index (χ1n) is 9.21. The van der Waals surface area contributed by atoms with Crippen LogP contribution in [0.5, 0.6) is 5.75 Å². The molecule has 0 N–H and O–H groups in total. The lowest BCUT2D eigenvalue weighted by Crippen LogP contribution is -2.16. The van der Waals surface area contributed by atoms with Gasteiger partial charge in [-0.25, -0.2) is 0 Å². The van der Waals surface area contributed by atoms with Crippen LogP contribution in [0.3, 0.4) is 0 Å². The van der Waals surface area contributed by atoms with E-state index < -0.39 is 0 Å². The van der Waals surface area contributed by atoms with Crippen molar-refractivity contribution in [3.63, 3.8) is 0 Å². The Labute approximate surface area is 164 Å². The lowest BCUT2D eigenvalue weighted by molar-refractivity contribution is 0.416. The second kappa shape index (κ2) is 7.57. The summed E-state index contributed by atoms with van der Waals surface area (Å²) in [7, 11) is 1.65. The first-order chi connectivity index (χ1) is 13.7. The Balaban J connectivity index is 2.16. The highest BCUT2D eigenvalue weighted by molar-refractivity contribution is 5.76. The average molecular weight is 367 g/mol. The summed E-state index contributed by atoms with van der Waals surface area (Å²) < 4.78 is 7.76. The van der Waals surface area contributed by atoms with Crippen LogP contribution in [0.25, 0.3) is 28.2 Å². The number of benzene rings is 3. The first-order valence-corrected chi connectivity index (χ1v) is 9.21. The number of hydrogen-bond donors (Lipinski definition) is 0. The van der Waals surface area contributed by atoms with Crippen molar-refractivity contribution in [1.82, 2.24) is 4.57 Å². The van der Waals surface area contributed by atoms with Crippen molar-refractivity contribution in [1.29, 1.82) is 0 Å². The van der Waals surface area contributed by atoms with E-state index in [2.05, 4.69) is 16.7 Å². The zero-order valence-electron chi connectivity index (χ0n) is 15.9. The van der Waals surface area contributed by atoms with E-state index in [0.717, 1.165) is 34.0 Å². The van der Waals surface area contributed by atoms with Gasteiger partial charge in [-0.3, -0.25) is 4.79 Å². The summed E-state index contributed by atoms with van der Waals surface area (Å²) in [6, 6.07) is 29.6. The van der Waals surface area contributed by atoms with E-state index in [1.54, 1.807) is 13.2 Å². The molecule has 0 unspecified atom stereocenters. The Hall–Kier alpha value is -3.59. The number of rotatable bonds is 4. The van der Waals surface area contributed by atoms with Gasteiger partial charge in [0.1, 0.15) is 5.75 Å². The fourth-order valence-corrected chi connectivity index (χ4v) is 3.53. The monoisotopic (exact) mass is 367 g/mol. The number of aromatic nitrogens is 1. The van der Waals surface area contributed by atoms with E-state index in [1.165, 1.54) is 0 Å². The Kier molecular flexibility index (Phi) is 4.81. The van der Waals surface area contributed by atoms with Gasteiger partial charge < -0.3 is 9.30 Å². The Morgan fingerprint density at radius 3 is 2.07 bits per heavy atom.